The molecule has 3 nitrogen and oxygen atoms in total. The van der Waals surface area contributed by atoms with Crippen LogP contribution in [0, 0.1) is 19.7 Å². The van der Waals surface area contributed by atoms with Gasteiger partial charge in [0.1, 0.15) is 18.2 Å². The van der Waals surface area contributed by atoms with Gasteiger partial charge in [0.05, 0.1) is 11.8 Å². The first-order valence-electron chi connectivity index (χ1n) is 8.36. The van der Waals surface area contributed by atoms with Crippen LogP contribution in [0.1, 0.15) is 23.6 Å². The van der Waals surface area contributed by atoms with Crippen molar-refractivity contribution in [2.45, 2.75) is 32.6 Å². The Morgan fingerprint density at radius 2 is 2.00 bits per heavy atom. The fourth-order valence-corrected chi connectivity index (χ4v) is 3.26. The van der Waals surface area contributed by atoms with E-state index in [0.717, 1.165) is 5.75 Å². The minimum Gasteiger partial charge on any atom is -0.491 e. The molecule has 1 unspecified atom stereocenters. The van der Waals surface area contributed by atoms with Crippen molar-refractivity contribution in [1.29, 1.82) is 0 Å². The molecule has 6 heteroatoms. The molecule has 0 aliphatic heterocycles. The van der Waals surface area contributed by atoms with E-state index in [1.165, 1.54) is 29.0 Å². The van der Waals surface area contributed by atoms with Crippen LogP contribution < -0.4 is 10.1 Å². The predicted molar refractivity (Wildman–Crippen MR) is 107 cm³/mol. The molecule has 26 heavy (non-hydrogen) atoms. The lowest BCUT2D eigenvalue weighted by Crippen LogP contribution is -2.37. The van der Waals surface area contributed by atoms with Crippen molar-refractivity contribution in [3.05, 3.63) is 63.9 Å². The van der Waals surface area contributed by atoms with Gasteiger partial charge in [0, 0.05) is 10.8 Å². The van der Waals surface area contributed by atoms with Crippen LogP contribution in [-0.4, -0.2) is 24.3 Å². The third-order valence-corrected chi connectivity index (χ3v) is 5.11. The second-order valence-corrected chi connectivity index (χ2v) is 7.68. The highest BCUT2D eigenvalue weighted by atomic mass is 35.5. The number of amides is 1. The van der Waals surface area contributed by atoms with Crippen molar-refractivity contribution in [3.63, 3.8) is 0 Å². The van der Waals surface area contributed by atoms with Gasteiger partial charge in [0.15, 0.2) is 0 Å². The zero-order valence-corrected chi connectivity index (χ0v) is 16.7. The third kappa shape index (κ3) is 6.54. The van der Waals surface area contributed by atoms with E-state index in [4.69, 9.17) is 16.3 Å². The summed E-state index contributed by atoms with van der Waals surface area (Å²) >= 11 is 7.08. The smallest absolute Gasteiger partial charge is 0.230 e. The molecule has 2 aromatic carbocycles. The van der Waals surface area contributed by atoms with E-state index >= 15 is 0 Å². The van der Waals surface area contributed by atoms with Gasteiger partial charge in [-0.15, -0.1) is 11.8 Å². The van der Waals surface area contributed by atoms with Gasteiger partial charge in [-0.2, -0.15) is 0 Å². The molecule has 1 amide bonds. The average molecular weight is 396 g/mol. The van der Waals surface area contributed by atoms with Crippen LogP contribution in [0.3, 0.4) is 0 Å². The molecule has 0 aromatic heterocycles. The van der Waals surface area contributed by atoms with E-state index < -0.39 is 0 Å². The molecule has 2 rings (SSSR count). The zero-order chi connectivity index (χ0) is 19.1. The number of benzene rings is 2. The van der Waals surface area contributed by atoms with E-state index in [1.54, 1.807) is 12.1 Å². The second-order valence-electron chi connectivity index (χ2n) is 6.25. The Morgan fingerprint density at radius 1 is 1.23 bits per heavy atom. The molecule has 0 saturated carbocycles. The van der Waals surface area contributed by atoms with Gasteiger partial charge in [-0.05, 0) is 61.7 Å². The van der Waals surface area contributed by atoms with Gasteiger partial charge < -0.3 is 10.1 Å². The van der Waals surface area contributed by atoms with E-state index in [9.17, 15) is 9.18 Å². The highest BCUT2D eigenvalue weighted by Crippen LogP contribution is 2.19. The summed E-state index contributed by atoms with van der Waals surface area (Å²) < 4.78 is 19.4. The number of rotatable bonds is 8. The van der Waals surface area contributed by atoms with Crippen LogP contribution in [0.15, 0.2) is 36.4 Å². The molecular weight excluding hydrogens is 373 g/mol. The minimum absolute atomic E-state index is 0.0967. The largest absolute Gasteiger partial charge is 0.491 e. The van der Waals surface area contributed by atoms with Crippen LogP contribution in [0.2, 0.25) is 5.02 Å². The van der Waals surface area contributed by atoms with Crippen LogP contribution in [0.4, 0.5) is 4.39 Å². The number of halogens is 2. The van der Waals surface area contributed by atoms with Gasteiger partial charge in [0.25, 0.3) is 0 Å². The fourth-order valence-electron chi connectivity index (χ4n) is 2.28. The minimum atomic E-state index is -0.347. The molecule has 1 N–H and O–H groups in total. The first kappa shape index (κ1) is 20.6. The summed E-state index contributed by atoms with van der Waals surface area (Å²) in [4.78, 5) is 12.0. The quantitative estimate of drug-likeness (QED) is 0.689. The summed E-state index contributed by atoms with van der Waals surface area (Å²) in [7, 11) is 0. The Bertz CT molecular complexity index is 769. The Balaban J connectivity index is 1.70. The number of nitrogens with one attached hydrogen (secondary N) is 1. The van der Waals surface area contributed by atoms with Gasteiger partial charge in [-0.25, -0.2) is 4.39 Å². The van der Waals surface area contributed by atoms with Gasteiger partial charge in [0.2, 0.25) is 5.91 Å². The molecule has 0 fully saturated rings. The molecule has 0 saturated heterocycles. The summed E-state index contributed by atoms with van der Waals surface area (Å²) in [6, 6.07) is 10.4. The first-order chi connectivity index (χ1) is 12.3. The number of hydrogen-bond donors (Lipinski definition) is 1. The Labute approximate surface area is 163 Å². The Hall–Kier alpha value is -1.72. The standard InChI is InChI=1S/C20H23ClFNO2S/c1-13-4-7-18(8-14(13)2)25-10-15(3)23-20(24)12-26-11-16-5-6-17(21)9-19(16)22/h4-9,15H,10-12H2,1-3H3,(H,23,24). The monoisotopic (exact) mass is 395 g/mol. The van der Waals surface area contributed by atoms with Crippen molar-refractivity contribution < 1.29 is 13.9 Å². The maximum absolute atomic E-state index is 13.7. The van der Waals surface area contributed by atoms with Crippen LogP contribution in [-0.2, 0) is 10.5 Å². The molecule has 2 aromatic rings. The van der Waals surface area contributed by atoms with E-state index in [2.05, 4.69) is 12.2 Å². The SMILES string of the molecule is Cc1ccc(OCC(C)NC(=O)CSCc2ccc(Cl)cc2F)cc1C. The van der Waals surface area contributed by atoms with Gasteiger partial charge in [-0.3, -0.25) is 4.79 Å². The molecule has 0 heterocycles. The van der Waals surface area contributed by atoms with E-state index in [0.29, 0.717) is 22.9 Å². The fraction of sp³-hybridized carbons (Fsp3) is 0.350. The molecule has 0 bridgehead atoms. The first-order valence-corrected chi connectivity index (χ1v) is 9.89. The number of ether oxygens (including phenoxy) is 1. The molecule has 0 aliphatic carbocycles. The van der Waals surface area contributed by atoms with Crippen molar-refractivity contribution in [3.8, 4) is 5.75 Å². The maximum atomic E-state index is 13.7. The highest BCUT2D eigenvalue weighted by molar-refractivity contribution is 7.99. The molecule has 0 radical (unpaired) electrons. The Morgan fingerprint density at radius 3 is 2.69 bits per heavy atom. The molecule has 0 aliphatic rings. The molecule has 0 spiro atoms. The molecule has 1 atom stereocenters. The topological polar surface area (TPSA) is 38.3 Å². The summed E-state index contributed by atoms with van der Waals surface area (Å²) in [6.07, 6.45) is 0. The lowest BCUT2D eigenvalue weighted by molar-refractivity contribution is -0.119. The number of carbonyl (C=O) groups is 1. The summed E-state index contributed by atoms with van der Waals surface area (Å²) in [5.74, 6) is 1.03. The van der Waals surface area contributed by atoms with Crippen LogP contribution in [0.25, 0.3) is 0 Å². The van der Waals surface area contributed by atoms with E-state index in [-0.39, 0.29) is 23.5 Å². The summed E-state index contributed by atoms with van der Waals surface area (Å²) in [5.41, 5.74) is 2.93. The van der Waals surface area contributed by atoms with Crippen molar-refractivity contribution in [1.82, 2.24) is 5.32 Å². The normalized spacial score (nSPS) is 11.9. The predicted octanol–water partition coefficient (Wildman–Crippen LogP) is 4.91. The number of hydrogen-bond acceptors (Lipinski definition) is 3. The highest BCUT2D eigenvalue weighted by Gasteiger charge is 2.10. The number of aryl methyl sites for hydroxylation is 2. The zero-order valence-electron chi connectivity index (χ0n) is 15.1. The lowest BCUT2D eigenvalue weighted by atomic mass is 10.1. The van der Waals surface area contributed by atoms with Crippen molar-refractivity contribution in [2.75, 3.05) is 12.4 Å². The summed E-state index contributed by atoms with van der Waals surface area (Å²) in [5, 5.41) is 3.25. The number of carbonyl (C=O) groups excluding carboxylic acids is 1. The summed E-state index contributed by atoms with van der Waals surface area (Å²) in [6.45, 7) is 6.37. The average Bonchev–Trinajstić information content (AvgIpc) is 2.58. The lowest BCUT2D eigenvalue weighted by Gasteiger charge is -2.15. The second kappa shape index (κ2) is 9.83. The van der Waals surface area contributed by atoms with Crippen LogP contribution >= 0.6 is 23.4 Å². The van der Waals surface area contributed by atoms with E-state index in [1.807, 2.05) is 32.0 Å². The maximum Gasteiger partial charge on any atom is 0.230 e. The van der Waals surface area contributed by atoms with Crippen molar-refractivity contribution in [2.24, 2.45) is 0 Å². The number of thioether (sulfide) groups is 1. The third-order valence-electron chi connectivity index (χ3n) is 3.89. The van der Waals surface area contributed by atoms with Gasteiger partial charge >= 0.3 is 0 Å². The van der Waals surface area contributed by atoms with Crippen molar-refractivity contribution >= 4 is 29.3 Å². The molecular formula is C20H23ClFNO2S. The van der Waals surface area contributed by atoms with Gasteiger partial charge in [-0.1, -0.05) is 23.7 Å². The Kier molecular flexibility index (Phi) is 7.79. The molecule has 140 valence electrons. The van der Waals surface area contributed by atoms with Crippen LogP contribution in [0.5, 0.6) is 5.75 Å².